The van der Waals surface area contributed by atoms with Crippen molar-refractivity contribution < 1.29 is 14.3 Å². The van der Waals surface area contributed by atoms with E-state index in [1.165, 1.54) is 12.1 Å². The highest BCUT2D eigenvalue weighted by Gasteiger charge is 2.10. The van der Waals surface area contributed by atoms with Crippen LogP contribution in [0.15, 0.2) is 72.8 Å². The van der Waals surface area contributed by atoms with Crippen LogP contribution in [0, 0.1) is 5.82 Å². The minimum Gasteiger partial charge on any atom is -0.478 e. The van der Waals surface area contributed by atoms with Gasteiger partial charge in [0.1, 0.15) is 5.82 Å². The maximum absolute atomic E-state index is 13.0. The zero-order valence-electron chi connectivity index (χ0n) is 13.3. The van der Waals surface area contributed by atoms with Crippen LogP contribution in [0.1, 0.15) is 21.5 Å². The standard InChI is InChI=1S/C21H16FNO2/c22-17-9-11-18(12-10-17)23-20-14-16(8-13-19(20)21(24)25)7-6-15-4-2-1-3-5-15/h1-14,23H,(H,24,25). The molecule has 0 saturated carbocycles. The first-order valence-corrected chi connectivity index (χ1v) is 7.75. The Morgan fingerprint density at radius 2 is 1.56 bits per heavy atom. The number of carbonyl (C=O) groups is 1. The third-order valence-corrected chi connectivity index (χ3v) is 3.67. The topological polar surface area (TPSA) is 49.3 Å². The lowest BCUT2D eigenvalue weighted by Crippen LogP contribution is -2.03. The molecule has 0 aliphatic carbocycles. The van der Waals surface area contributed by atoms with Gasteiger partial charge in [0.15, 0.2) is 0 Å². The second-order valence-electron chi connectivity index (χ2n) is 5.49. The molecule has 0 amide bonds. The van der Waals surface area contributed by atoms with Crippen molar-refractivity contribution >= 4 is 29.5 Å². The van der Waals surface area contributed by atoms with Gasteiger partial charge in [-0.15, -0.1) is 0 Å². The third kappa shape index (κ3) is 4.32. The van der Waals surface area contributed by atoms with E-state index in [-0.39, 0.29) is 11.4 Å². The summed E-state index contributed by atoms with van der Waals surface area (Å²) >= 11 is 0. The molecule has 0 fully saturated rings. The summed E-state index contributed by atoms with van der Waals surface area (Å²) in [5.74, 6) is -1.37. The van der Waals surface area contributed by atoms with Gasteiger partial charge >= 0.3 is 5.97 Å². The summed E-state index contributed by atoms with van der Waals surface area (Å²) < 4.78 is 13.0. The zero-order chi connectivity index (χ0) is 17.6. The van der Waals surface area contributed by atoms with Gasteiger partial charge < -0.3 is 10.4 Å². The summed E-state index contributed by atoms with van der Waals surface area (Å²) in [6, 6.07) is 20.7. The number of hydrogen-bond acceptors (Lipinski definition) is 2. The van der Waals surface area contributed by atoms with Crippen molar-refractivity contribution in [3.05, 3.63) is 95.3 Å². The van der Waals surface area contributed by atoms with Crippen molar-refractivity contribution in [2.75, 3.05) is 5.32 Å². The second-order valence-corrected chi connectivity index (χ2v) is 5.49. The Hall–Kier alpha value is -3.40. The fraction of sp³-hybridized carbons (Fsp3) is 0. The van der Waals surface area contributed by atoms with E-state index in [1.54, 1.807) is 30.3 Å². The average molecular weight is 333 g/mol. The second kappa shape index (κ2) is 7.45. The summed E-state index contributed by atoms with van der Waals surface area (Å²) in [6.45, 7) is 0. The summed E-state index contributed by atoms with van der Waals surface area (Å²) in [7, 11) is 0. The van der Waals surface area contributed by atoms with Crippen molar-refractivity contribution in [2.24, 2.45) is 0 Å². The zero-order valence-corrected chi connectivity index (χ0v) is 13.3. The number of halogens is 1. The first-order chi connectivity index (χ1) is 12.1. The van der Waals surface area contributed by atoms with Gasteiger partial charge in [-0.25, -0.2) is 9.18 Å². The first kappa shape index (κ1) is 16.5. The maximum Gasteiger partial charge on any atom is 0.337 e. The highest BCUT2D eigenvalue weighted by molar-refractivity contribution is 5.96. The molecule has 0 atom stereocenters. The average Bonchev–Trinajstić information content (AvgIpc) is 2.63. The van der Waals surface area contributed by atoms with Crippen LogP contribution < -0.4 is 5.32 Å². The maximum atomic E-state index is 13.0. The lowest BCUT2D eigenvalue weighted by atomic mass is 10.1. The van der Waals surface area contributed by atoms with Crippen molar-refractivity contribution in [1.29, 1.82) is 0 Å². The molecule has 3 aromatic carbocycles. The number of carboxylic acids is 1. The molecule has 3 nitrogen and oxygen atoms in total. The molecular weight excluding hydrogens is 317 g/mol. The lowest BCUT2D eigenvalue weighted by Gasteiger charge is -2.11. The quantitative estimate of drug-likeness (QED) is 0.611. The molecule has 4 heteroatoms. The summed E-state index contributed by atoms with van der Waals surface area (Å²) in [4.78, 5) is 11.4. The highest BCUT2D eigenvalue weighted by Crippen LogP contribution is 2.24. The summed E-state index contributed by atoms with van der Waals surface area (Å²) in [5, 5.41) is 12.4. The van der Waals surface area contributed by atoms with E-state index in [0.29, 0.717) is 11.4 Å². The van der Waals surface area contributed by atoms with Gasteiger partial charge in [0, 0.05) is 5.69 Å². The monoisotopic (exact) mass is 333 g/mol. The molecule has 3 rings (SSSR count). The van der Waals surface area contributed by atoms with E-state index in [4.69, 9.17) is 0 Å². The van der Waals surface area contributed by atoms with E-state index < -0.39 is 5.97 Å². The van der Waals surface area contributed by atoms with Crippen LogP contribution in [0.25, 0.3) is 12.2 Å². The van der Waals surface area contributed by atoms with E-state index >= 15 is 0 Å². The lowest BCUT2D eigenvalue weighted by molar-refractivity contribution is 0.0698. The fourth-order valence-corrected chi connectivity index (χ4v) is 2.40. The minimum atomic E-state index is -1.02. The highest BCUT2D eigenvalue weighted by atomic mass is 19.1. The number of carboxylic acid groups (broad SMARTS) is 1. The van der Waals surface area contributed by atoms with Crippen LogP contribution in [-0.4, -0.2) is 11.1 Å². The SMILES string of the molecule is O=C(O)c1ccc(C=Cc2ccccc2)cc1Nc1ccc(F)cc1. The number of benzene rings is 3. The van der Waals surface area contributed by atoms with Crippen molar-refractivity contribution in [2.45, 2.75) is 0 Å². The Kier molecular flexibility index (Phi) is 4.90. The molecule has 124 valence electrons. The molecule has 0 spiro atoms. The number of hydrogen-bond donors (Lipinski definition) is 2. The third-order valence-electron chi connectivity index (χ3n) is 3.67. The molecule has 0 aliphatic rings. The number of anilines is 2. The van der Waals surface area contributed by atoms with E-state index in [1.807, 2.05) is 42.5 Å². The number of nitrogens with one attached hydrogen (secondary N) is 1. The first-order valence-electron chi connectivity index (χ1n) is 7.75. The molecule has 0 bridgehead atoms. The molecule has 2 N–H and O–H groups in total. The van der Waals surface area contributed by atoms with E-state index in [9.17, 15) is 14.3 Å². The largest absolute Gasteiger partial charge is 0.478 e. The molecule has 0 heterocycles. The smallest absolute Gasteiger partial charge is 0.337 e. The Bertz CT molecular complexity index is 903. The van der Waals surface area contributed by atoms with Gasteiger partial charge in [-0.1, -0.05) is 48.6 Å². The predicted octanol–water partition coefficient (Wildman–Crippen LogP) is 5.44. The van der Waals surface area contributed by atoms with E-state index in [0.717, 1.165) is 11.1 Å². The normalized spacial score (nSPS) is 10.8. The Morgan fingerprint density at radius 1 is 0.880 bits per heavy atom. The molecule has 0 unspecified atom stereocenters. The Morgan fingerprint density at radius 3 is 2.24 bits per heavy atom. The predicted molar refractivity (Wildman–Crippen MR) is 98.5 cm³/mol. The van der Waals surface area contributed by atoms with Crippen LogP contribution in [0.5, 0.6) is 0 Å². The van der Waals surface area contributed by atoms with Crippen molar-refractivity contribution in [1.82, 2.24) is 0 Å². The summed E-state index contributed by atoms with van der Waals surface area (Å²) in [6.07, 6.45) is 3.87. The van der Waals surface area contributed by atoms with Gasteiger partial charge in [-0.05, 0) is 47.5 Å². The molecular formula is C21H16FNO2. The number of aromatic carboxylic acids is 1. The molecule has 0 saturated heterocycles. The van der Waals surface area contributed by atoms with Gasteiger partial charge in [-0.3, -0.25) is 0 Å². The van der Waals surface area contributed by atoms with Crippen LogP contribution in [0.3, 0.4) is 0 Å². The Labute approximate surface area is 145 Å². The van der Waals surface area contributed by atoms with Gasteiger partial charge in [0.25, 0.3) is 0 Å². The van der Waals surface area contributed by atoms with E-state index in [2.05, 4.69) is 5.32 Å². The van der Waals surface area contributed by atoms with Gasteiger partial charge in [-0.2, -0.15) is 0 Å². The molecule has 0 radical (unpaired) electrons. The van der Waals surface area contributed by atoms with Crippen molar-refractivity contribution in [3.8, 4) is 0 Å². The number of rotatable bonds is 5. The van der Waals surface area contributed by atoms with Gasteiger partial charge in [0.2, 0.25) is 0 Å². The van der Waals surface area contributed by atoms with Crippen molar-refractivity contribution in [3.63, 3.8) is 0 Å². The molecule has 25 heavy (non-hydrogen) atoms. The molecule has 0 aromatic heterocycles. The van der Waals surface area contributed by atoms with Crippen LogP contribution in [0.4, 0.5) is 15.8 Å². The Balaban J connectivity index is 1.90. The van der Waals surface area contributed by atoms with Crippen LogP contribution in [0.2, 0.25) is 0 Å². The van der Waals surface area contributed by atoms with Crippen LogP contribution in [-0.2, 0) is 0 Å². The summed E-state index contributed by atoms with van der Waals surface area (Å²) in [5.41, 5.74) is 3.14. The fourth-order valence-electron chi connectivity index (χ4n) is 2.40. The molecule has 0 aliphatic heterocycles. The van der Waals surface area contributed by atoms with Gasteiger partial charge in [0.05, 0.1) is 11.3 Å². The minimum absolute atomic E-state index is 0.154. The van der Waals surface area contributed by atoms with Crippen LogP contribution >= 0.6 is 0 Å². The molecule has 3 aromatic rings.